The molecule has 0 heterocycles. The van der Waals surface area contributed by atoms with Gasteiger partial charge in [0.05, 0.1) is 0 Å². The highest BCUT2D eigenvalue weighted by Gasteiger charge is 2.32. The summed E-state index contributed by atoms with van der Waals surface area (Å²) in [6.07, 6.45) is 13.5. The van der Waals surface area contributed by atoms with Gasteiger partial charge in [-0.25, -0.2) is 0 Å². The van der Waals surface area contributed by atoms with Gasteiger partial charge < -0.3 is 0 Å². The number of carbonyl (C=O) groups excluding carboxylic acids is 1. The van der Waals surface area contributed by atoms with Crippen molar-refractivity contribution in [2.24, 2.45) is 23.2 Å². The summed E-state index contributed by atoms with van der Waals surface area (Å²) < 4.78 is 0. The van der Waals surface area contributed by atoms with Crippen molar-refractivity contribution < 1.29 is 4.79 Å². The maximum absolute atomic E-state index is 12.5. The molecule has 0 spiro atoms. The summed E-state index contributed by atoms with van der Waals surface area (Å²) in [6, 6.07) is 0. The molecule has 1 aliphatic rings. The topological polar surface area (TPSA) is 17.1 Å². The number of carbonyl (C=O) groups is 1. The van der Waals surface area contributed by atoms with Gasteiger partial charge >= 0.3 is 0 Å². The summed E-state index contributed by atoms with van der Waals surface area (Å²) in [7, 11) is 0. The zero-order valence-electron chi connectivity index (χ0n) is 12.3. The van der Waals surface area contributed by atoms with Crippen LogP contribution in [0.5, 0.6) is 0 Å². The minimum absolute atomic E-state index is 0.141. The summed E-state index contributed by atoms with van der Waals surface area (Å²) in [4.78, 5) is 12.5. The average molecular weight is 246 g/mol. The quantitative estimate of drug-likeness (QED) is 0.710. The van der Waals surface area contributed by atoms with Crippen molar-refractivity contribution >= 4 is 5.78 Å². The zero-order chi connectivity index (χ0) is 13.8. The Morgan fingerprint density at radius 1 is 1.06 bits per heavy atom. The molecular formula is C17H26O. The van der Waals surface area contributed by atoms with E-state index in [0.29, 0.717) is 17.6 Å². The van der Waals surface area contributed by atoms with E-state index in [2.05, 4.69) is 38.2 Å². The van der Waals surface area contributed by atoms with Gasteiger partial charge in [-0.2, -0.15) is 0 Å². The molecule has 1 heteroatoms. The Bertz CT molecular complexity index is 348. The second-order valence-corrected chi connectivity index (χ2v) is 6.52. The minimum atomic E-state index is -0.245. The van der Waals surface area contributed by atoms with Crippen LogP contribution >= 0.6 is 0 Å². The molecule has 100 valence electrons. The fourth-order valence-corrected chi connectivity index (χ4v) is 2.29. The van der Waals surface area contributed by atoms with Crippen LogP contribution in [0.25, 0.3) is 0 Å². The molecule has 0 bridgehead atoms. The maximum Gasteiger partial charge on any atom is 0.141 e. The Labute approximate surface area is 112 Å². The second kappa shape index (κ2) is 6.17. The minimum Gasteiger partial charge on any atom is -0.299 e. The molecule has 18 heavy (non-hydrogen) atoms. The van der Waals surface area contributed by atoms with Crippen LogP contribution in [-0.2, 0) is 4.79 Å². The van der Waals surface area contributed by atoms with Crippen LogP contribution in [-0.4, -0.2) is 5.78 Å². The van der Waals surface area contributed by atoms with Crippen molar-refractivity contribution in [2.75, 3.05) is 0 Å². The van der Waals surface area contributed by atoms with Crippen molar-refractivity contribution in [1.29, 1.82) is 0 Å². The molecule has 1 atom stereocenters. The molecule has 0 saturated heterocycles. The molecule has 0 N–H and O–H groups in total. The molecule has 0 fully saturated rings. The van der Waals surface area contributed by atoms with E-state index in [4.69, 9.17) is 0 Å². The molecule has 0 aromatic heterocycles. The van der Waals surface area contributed by atoms with Crippen molar-refractivity contribution in [2.45, 2.75) is 41.0 Å². The van der Waals surface area contributed by atoms with Crippen molar-refractivity contribution in [3.05, 3.63) is 36.5 Å². The highest BCUT2D eigenvalue weighted by molar-refractivity contribution is 5.86. The summed E-state index contributed by atoms with van der Waals surface area (Å²) in [6.45, 7) is 10.4. The van der Waals surface area contributed by atoms with Gasteiger partial charge in [0.2, 0.25) is 0 Å². The summed E-state index contributed by atoms with van der Waals surface area (Å²) in [5.41, 5.74) is -0.245. The molecular weight excluding hydrogens is 220 g/mol. The first-order valence-corrected chi connectivity index (χ1v) is 6.88. The molecule has 0 aliphatic heterocycles. The van der Waals surface area contributed by atoms with E-state index < -0.39 is 0 Å². The van der Waals surface area contributed by atoms with Gasteiger partial charge in [-0.3, -0.25) is 4.79 Å². The van der Waals surface area contributed by atoms with E-state index in [-0.39, 0.29) is 11.3 Å². The van der Waals surface area contributed by atoms with Crippen LogP contribution in [0, 0.1) is 23.2 Å². The van der Waals surface area contributed by atoms with Gasteiger partial charge in [0.1, 0.15) is 5.78 Å². The normalized spacial score (nSPS) is 18.1. The highest BCUT2D eigenvalue weighted by Crippen LogP contribution is 2.31. The van der Waals surface area contributed by atoms with Crippen molar-refractivity contribution in [3.63, 3.8) is 0 Å². The van der Waals surface area contributed by atoms with E-state index in [1.165, 1.54) is 0 Å². The molecule has 1 nitrogen and oxygen atoms in total. The Morgan fingerprint density at radius 2 is 1.56 bits per heavy atom. The third-order valence-electron chi connectivity index (χ3n) is 3.46. The van der Waals surface area contributed by atoms with E-state index >= 15 is 0 Å². The predicted molar refractivity (Wildman–Crippen MR) is 78.3 cm³/mol. The molecule has 0 aromatic carbocycles. The van der Waals surface area contributed by atoms with Crippen LogP contribution in [0.3, 0.4) is 0 Å². The van der Waals surface area contributed by atoms with Gasteiger partial charge in [-0.05, 0) is 18.3 Å². The lowest BCUT2D eigenvalue weighted by atomic mass is 9.74. The van der Waals surface area contributed by atoms with Gasteiger partial charge in [0, 0.05) is 11.3 Å². The summed E-state index contributed by atoms with van der Waals surface area (Å²) in [5.74, 6) is 1.30. The lowest BCUT2D eigenvalue weighted by Gasteiger charge is -2.28. The molecule has 0 aromatic rings. The van der Waals surface area contributed by atoms with Crippen LogP contribution in [0.1, 0.15) is 41.0 Å². The third kappa shape index (κ3) is 4.29. The van der Waals surface area contributed by atoms with Crippen molar-refractivity contribution in [3.8, 4) is 0 Å². The number of ketones is 1. The van der Waals surface area contributed by atoms with Crippen LogP contribution in [0.15, 0.2) is 36.5 Å². The Kier molecular flexibility index (Phi) is 5.13. The van der Waals surface area contributed by atoms with Gasteiger partial charge in [-0.1, -0.05) is 71.1 Å². The number of Topliss-reactive ketones (excluding diaryl/α,β-unsaturated/α-hetero) is 1. The lowest BCUT2D eigenvalue weighted by Crippen LogP contribution is -2.32. The van der Waals surface area contributed by atoms with Crippen molar-refractivity contribution in [1.82, 2.24) is 0 Å². The Balaban J connectivity index is 2.78. The Hall–Kier alpha value is -1.11. The number of allylic oxidation sites excluding steroid dienone is 6. The predicted octanol–water partition coefficient (Wildman–Crippen LogP) is 4.56. The van der Waals surface area contributed by atoms with Crippen LogP contribution in [0.2, 0.25) is 0 Å². The first-order chi connectivity index (χ1) is 8.32. The molecule has 0 saturated carbocycles. The lowest BCUT2D eigenvalue weighted by molar-refractivity contribution is -0.132. The first kappa shape index (κ1) is 14.9. The van der Waals surface area contributed by atoms with Gasteiger partial charge in [-0.15, -0.1) is 0 Å². The molecule has 1 unspecified atom stereocenters. The average Bonchev–Trinajstić information content (AvgIpc) is 2.51. The second-order valence-electron chi connectivity index (χ2n) is 6.52. The highest BCUT2D eigenvalue weighted by atomic mass is 16.1. The monoisotopic (exact) mass is 246 g/mol. The summed E-state index contributed by atoms with van der Waals surface area (Å²) >= 11 is 0. The fraction of sp³-hybridized carbons (Fsp3) is 0.588. The number of hydrogen-bond donors (Lipinski definition) is 0. The van der Waals surface area contributed by atoms with E-state index in [1.54, 1.807) is 0 Å². The molecule has 0 radical (unpaired) electrons. The SMILES string of the molecule is CC(C)C(CC1C=CC=CC=C1)C(=O)C(C)(C)C. The standard InChI is InChI=1S/C17H26O/c1-13(2)15(16(18)17(3,4)5)12-14-10-8-6-7-9-11-14/h6-11,13-15H,12H2,1-5H3. The maximum atomic E-state index is 12.5. The van der Waals surface area contributed by atoms with E-state index in [1.807, 2.05) is 32.9 Å². The molecule has 1 rings (SSSR count). The fourth-order valence-electron chi connectivity index (χ4n) is 2.29. The van der Waals surface area contributed by atoms with Crippen LogP contribution < -0.4 is 0 Å². The molecule has 0 amide bonds. The largest absolute Gasteiger partial charge is 0.299 e. The number of rotatable bonds is 4. The van der Waals surface area contributed by atoms with E-state index in [9.17, 15) is 4.79 Å². The smallest absolute Gasteiger partial charge is 0.141 e. The Morgan fingerprint density at radius 3 is 1.94 bits per heavy atom. The number of hydrogen-bond acceptors (Lipinski definition) is 1. The zero-order valence-corrected chi connectivity index (χ0v) is 12.3. The van der Waals surface area contributed by atoms with Crippen LogP contribution in [0.4, 0.5) is 0 Å². The molecule has 1 aliphatic carbocycles. The first-order valence-electron chi connectivity index (χ1n) is 6.88. The van der Waals surface area contributed by atoms with Gasteiger partial charge in [0.15, 0.2) is 0 Å². The third-order valence-corrected chi connectivity index (χ3v) is 3.46. The van der Waals surface area contributed by atoms with Gasteiger partial charge in [0.25, 0.3) is 0 Å². The summed E-state index contributed by atoms with van der Waals surface area (Å²) in [5, 5.41) is 0. The van der Waals surface area contributed by atoms with E-state index in [0.717, 1.165) is 6.42 Å².